The van der Waals surface area contributed by atoms with Crippen LogP contribution in [0.25, 0.3) is 0 Å². The Morgan fingerprint density at radius 1 is 0.638 bits per heavy atom. The van der Waals surface area contributed by atoms with E-state index in [0.29, 0.717) is 23.9 Å². The normalized spacial score (nSPS) is 14.6. The van der Waals surface area contributed by atoms with E-state index in [4.69, 9.17) is 9.05 Å². The van der Waals surface area contributed by atoms with Crippen LogP contribution >= 0.6 is 7.82 Å². The van der Waals surface area contributed by atoms with Crippen molar-refractivity contribution in [2.45, 2.75) is 199 Å². The van der Waals surface area contributed by atoms with Crippen LogP contribution in [0.4, 0.5) is 0 Å². The van der Waals surface area contributed by atoms with Crippen molar-refractivity contribution in [3.05, 3.63) is 0 Å². The summed E-state index contributed by atoms with van der Waals surface area (Å²) in [5.41, 5.74) is 0. The first-order valence-electron chi connectivity index (χ1n) is 19.9. The smallest absolute Gasteiger partial charge is 0.391 e. The fourth-order valence-electron chi connectivity index (χ4n) is 5.87. The first-order valence-corrected chi connectivity index (χ1v) is 21.4. The Hall–Kier alpha value is -0.500. The van der Waals surface area contributed by atoms with Gasteiger partial charge in [0.1, 0.15) is 13.2 Å². The lowest BCUT2D eigenvalue weighted by Gasteiger charge is -2.26. The number of aliphatic hydroxyl groups is 1. The molecule has 0 aliphatic heterocycles. The second kappa shape index (κ2) is 31.5. The number of amides is 1. The van der Waals surface area contributed by atoms with Crippen molar-refractivity contribution in [1.82, 2.24) is 5.32 Å². The van der Waals surface area contributed by atoms with E-state index in [1.807, 2.05) is 21.1 Å². The van der Waals surface area contributed by atoms with E-state index in [1.54, 1.807) is 0 Å². The fraction of sp³-hybridized carbons (Fsp3) is 0.974. The minimum atomic E-state index is -4.29. The van der Waals surface area contributed by atoms with Crippen molar-refractivity contribution in [3.8, 4) is 0 Å². The quantitative estimate of drug-likeness (QED) is 0.0343. The van der Waals surface area contributed by atoms with Crippen LogP contribution in [0.1, 0.15) is 187 Å². The molecule has 0 radical (unpaired) electrons. The Morgan fingerprint density at radius 2 is 1.02 bits per heavy atom. The van der Waals surface area contributed by atoms with Crippen LogP contribution in [-0.4, -0.2) is 73.4 Å². The average molecular weight is 692 g/mol. The number of hydrogen-bond acceptors (Lipinski definition) is 5. The maximum atomic E-state index is 12.7. The molecule has 0 aromatic rings. The molecule has 0 heterocycles. The predicted octanol–water partition coefficient (Wildman–Crippen LogP) is 10.2. The van der Waals surface area contributed by atoms with Crippen LogP contribution in [0.3, 0.4) is 0 Å². The Labute approximate surface area is 291 Å². The number of carbonyl (C=O) groups excluding carboxylic acids is 1. The largest absolute Gasteiger partial charge is 0.472 e. The number of nitrogens with zero attached hydrogens (tertiary/aromatic N) is 1. The Balaban J connectivity index is 4.21. The van der Waals surface area contributed by atoms with Gasteiger partial charge in [0, 0.05) is 6.42 Å². The number of carbonyl (C=O) groups is 1. The van der Waals surface area contributed by atoms with Crippen molar-refractivity contribution >= 4 is 13.7 Å². The van der Waals surface area contributed by atoms with Gasteiger partial charge in [-0.2, -0.15) is 0 Å². The highest BCUT2D eigenvalue weighted by atomic mass is 31.2. The molecule has 0 saturated carbocycles. The highest BCUT2D eigenvalue weighted by Crippen LogP contribution is 2.43. The summed E-state index contributed by atoms with van der Waals surface area (Å²) in [4.78, 5) is 22.8. The molecule has 3 unspecified atom stereocenters. The molecule has 0 rings (SSSR count). The summed E-state index contributed by atoms with van der Waals surface area (Å²) in [5, 5.41) is 13.8. The van der Waals surface area contributed by atoms with E-state index in [2.05, 4.69) is 19.2 Å². The molecule has 0 bridgehead atoms. The van der Waals surface area contributed by atoms with E-state index in [0.717, 1.165) is 38.5 Å². The zero-order valence-electron chi connectivity index (χ0n) is 31.8. The second-order valence-electron chi connectivity index (χ2n) is 15.0. The molecule has 0 spiro atoms. The van der Waals surface area contributed by atoms with Crippen molar-refractivity contribution in [2.24, 2.45) is 0 Å². The van der Waals surface area contributed by atoms with Crippen molar-refractivity contribution in [3.63, 3.8) is 0 Å². The third-order valence-electron chi connectivity index (χ3n) is 9.11. The third kappa shape index (κ3) is 33.8. The maximum absolute atomic E-state index is 12.7. The number of rotatable bonds is 36. The van der Waals surface area contributed by atoms with Gasteiger partial charge < -0.3 is 19.8 Å². The number of hydrogen-bond donors (Lipinski definition) is 3. The van der Waals surface area contributed by atoms with Gasteiger partial charge >= 0.3 is 7.82 Å². The Kier molecular flexibility index (Phi) is 31.1. The molecular weight excluding hydrogens is 611 g/mol. The van der Waals surface area contributed by atoms with Gasteiger partial charge in [-0.05, 0) is 12.8 Å². The molecule has 3 N–H and O–H groups in total. The second-order valence-corrected chi connectivity index (χ2v) is 16.5. The van der Waals surface area contributed by atoms with Crippen LogP contribution in [-0.2, 0) is 18.4 Å². The maximum Gasteiger partial charge on any atom is 0.472 e. The number of phosphoric acid groups is 1. The van der Waals surface area contributed by atoms with Gasteiger partial charge in [-0.15, -0.1) is 0 Å². The summed E-state index contributed by atoms with van der Waals surface area (Å²) in [6.07, 6.45) is 31.5. The molecule has 0 aromatic heterocycles. The van der Waals surface area contributed by atoms with Crippen LogP contribution in [0.5, 0.6) is 0 Å². The first kappa shape index (κ1) is 46.5. The summed E-state index contributed by atoms with van der Waals surface area (Å²) in [5.74, 6) is -0.153. The lowest BCUT2D eigenvalue weighted by Crippen LogP contribution is -2.46. The van der Waals surface area contributed by atoms with Gasteiger partial charge in [-0.3, -0.25) is 13.8 Å². The molecule has 0 fully saturated rings. The summed E-state index contributed by atoms with van der Waals surface area (Å²) in [7, 11) is 1.62. The monoisotopic (exact) mass is 692 g/mol. The third-order valence-corrected chi connectivity index (χ3v) is 10.1. The van der Waals surface area contributed by atoms with Crippen molar-refractivity contribution in [1.29, 1.82) is 0 Å². The molecule has 0 aliphatic rings. The molecule has 8 nitrogen and oxygen atoms in total. The van der Waals surface area contributed by atoms with Crippen LogP contribution in [0, 0.1) is 0 Å². The standard InChI is InChI=1S/C38H79N2O6P/c1-6-8-10-12-14-15-16-17-18-19-20-21-22-23-24-25-26-27-29-31-37(41)36(39-38(42)32-30-28-13-11-9-7-2)35-46-47(43,44)45-34-33-40(3,4)5/h36-37,41H,6-35H2,1-5H3,(H-,39,42,43,44)/p+1. The van der Waals surface area contributed by atoms with E-state index < -0.39 is 20.0 Å². The molecule has 1 amide bonds. The van der Waals surface area contributed by atoms with Crippen molar-refractivity contribution < 1.29 is 32.9 Å². The number of likely N-dealkylation sites (N-methyl/N-ethyl adjacent to an activating group) is 1. The molecule has 9 heteroatoms. The molecule has 282 valence electrons. The van der Waals surface area contributed by atoms with Gasteiger partial charge in [0.2, 0.25) is 5.91 Å². The number of unbranched alkanes of at least 4 members (excludes halogenated alkanes) is 23. The minimum Gasteiger partial charge on any atom is -0.391 e. The molecule has 3 atom stereocenters. The zero-order chi connectivity index (χ0) is 35.1. The summed E-state index contributed by atoms with van der Waals surface area (Å²) < 4.78 is 23.4. The number of quaternary nitrogens is 1. The van der Waals surface area contributed by atoms with Crippen LogP contribution in [0.15, 0.2) is 0 Å². The van der Waals surface area contributed by atoms with Gasteiger partial charge in [0.25, 0.3) is 0 Å². The summed E-state index contributed by atoms with van der Waals surface area (Å²) in [6, 6.07) is -0.749. The highest BCUT2D eigenvalue weighted by Gasteiger charge is 2.28. The Bertz CT molecular complexity index is 748. The average Bonchev–Trinajstić information content (AvgIpc) is 3.01. The Morgan fingerprint density at radius 3 is 1.43 bits per heavy atom. The minimum absolute atomic E-state index is 0.0776. The zero-order valence-corrected chi connectivity index (χ0v) is 32.7. The van der Waals surface area contributed by atoms with E-state index in [1.165, 1.54) is 122 Å². The summed E-state index contributed by atoms with van der Waals surface area (Å²) in [6.45, 7) is 4.83. The molecule has 47 heavy (non-hydrogen) atoms. The molecule has 0 aliphatic carbocycles. The molecular formula is C38H80N2O6P+. The predicted molar refractivity (Wildman–Crippen MR) is 199 cm³/mol. The first-order chi connectivity index (χ1) is 22.5. The lowest BCUT2D eigenvalue weighted by atomic mass is 10.0. The van der Waals surface area contributed by atoms with E-state index in [9.17, 15) is 19.4 Å². The van der Waals surface area contributed by atoms with Gasteiger partial charge in [-0.1, -0.05) is 168 Å². The van der Waals surface area contributed by atoms with Crippen LogP contribution in [0.2, 0.25) is 0 Å². The molecule has 0 saturated heterocycles. The van der Waals surface area contributed by atoms with Crippen LogP contribution < -0.4 is 5.32 Å². The topological polar surface area (TPSA) is 105 Å². The summed E-state index contributed by atoms with van der Waals surface area (Å²) >= 11 is 0. The molecule has 0 aromatic carbocycles. The number of phosphoric ester groups is 1. The van der Waals surface area contributed by atoms with E-state index >= 15 is 0 Å². The van der Waals surface area contributed by atoms with Gasteiger partial charge in [0.15, 0.2) is 0 Å². The van der Waals surface area contributed by atoms with Gasteiger partial charge in [0.05, 0.1) is 39.9 Å². The van der Waals surface area contributed by atoms with Crippen molar-refractivity contribution in [2.75, 3.05) is 40.9 Å². The SMILES string of the molecule is CCCCCCCCCCCCCCCCCCCCCC(O)C(COP(=O)(O)OCC[N+](C)(C)C)NC(=O)CCCCCCCC. The fourth-order valence-corrected chi connectivity index (χ4v) is 6.60. The number of aliphatic hydroxyl groups excluding tert-OH is 1. The lowest BCUT2D eigenvalue weighted by molar-refractivity contribution is -0.870. The van der Waals surface area contributed by atoms with Gasteiger partial charge in [-0.25, -0.2) is 4.57 Å². The van der Waals surface area contributed by atoms with E-state index in [-0.39, 0.29) is 19.1 Å². The highest BCUT2D eigenvalue weighted by molar-refractivity contribution is 7.47. The number of nitrogens with one attached hydrogen (secondary N) is 1.